The van der Waals surface area contributed by atoms with E-state index < -0.39 is 0 Å². The first-order valence-electron chi connectivity index (χ1n) is 32.0. The molecule has 90 heavy (non-hydrogen) atoms. The van der Waals surface area contributed by atoms with E-state index in [9.17, 15) is 9.59 Å². The number of hydrogen-bond donors (Lipinski definition) is 0. The van der Waals surface area contributed by atoms with Gasteiger partial charge in [-0.3, -0.25) is 9.59 Å². The molecule has 2 atom stereocenters. The van der Waals surface area contributed by atoms with Gasteiger partial charge >= 0.3 is 49.7 Å². The van der Waals surface area contributed by atoms with Crippen molar-refractivity contribution in [3.05, 3.63) is 227 Å². The van der Waals surface area contributed by atoms with Gasteiger partial charge in [0.15, 0.2) is 0 Å². The molecule has 6 aromatic carbocycles. The van der Waals surface area contributed by atoms with E-state index in [-0.39, 0.29) is 73.4 Å². The van der Waals surface area contributed by atoms with Crippen LogP contribution in [-0.4, -0.2) is 17.9 Å². The average molecular weight is 1450 g/mol. The van der Waals surface area contributed by atoms with E-state index in [1.807, 2.05) is 194 Å². The van der Waals surface area contributed by atoms with Crippen LogP contribution in [-0.2, 0) is 36.3 Å². The SMILES string of the molecule is C#CCC.C1#CCCC2[CH-]C2CC1.C1#CCCCCCC1.C1#Cc2ccccc2C[CH-]c2ccccc21.CC(C)C.CC(C)C(=O)N1Cc2ccccc2C#Cc2ccccc21.CC(C)N1C(=O)c2ccccc2C#Cc2ccccc21.C[CH-]C.C[CH-]C.[U+2].[V+2]. The Morgan fingerprint density at radius 1 is 0.556 bits per heavy atom. The fourth-order valence-corrected chi connectivity index (χ4v) is 9.40. The fraction of sp³-hybridized carbons (Fsp3) is 0.357. The zero-order chi connectivity index (χ0) is 63.9. The minimum absolute atomic E-state index is 0. The molecule has 0 aromatic heterocycles. The van der Waals surface area contributed by atoms with Crippen LogP contribution in [0.2, 0.25) is 0 Å². The van der Waals surface area contributed by atoms with Gasteiger partial charge in [-0.25, -0.2) is 0 Å². The van der Waals surface area contributed by atoms with Crippen molar-refractivity contribution >= 4 is 23.2 Å². The number of carbonyl (C=O) groups is 2. The van der Waals surface area contributed by atoms with Crippen LogP contribution in [0.1, 0.15) is 214 Å². The molecule has 6 heteroatoms. The van der Waals surface area contributed by atoms with Gasteiger partial charge in [0.25, 0.3) is 5.91 Å². The minimum Gasteiger partial charge on any atom is -0.335 e. The first-order valence-corrected chi connectivity index (χ1v) is 32.0. The first kappa shape index (κ1) is 79.2. The summed E-state index contributed by atoms with van der Waals surface area (Å²) < 4.78 is 0. The third-order valence-corrected chi connectivity index (χ3v) is 13.8. The number of rotatable bonds is 2. The quantitative estimate of drug-likeness (QED) is 0.128. The Morgan fingerprint density at radius 3 is 1.47 bits per heavy atom. The maximum absolute atomic E-state index is 12.9. The summed E-state index contributed by atoms with van der Waals surface area (Å²) in [4.78, 5) is 29.1. The number of nitrogens with zero attached hydrogens (tertiary/aromatic N) is 2. The van der Waals surface area contributed by atoms with E-state index in [0.29, 0.717) is 12.1 Å². The molecule has 463 valence electrons. The molecule has 12 rings (SSSR count). The van der Waals surface area contributed by atoms with Gasteiger partial charge in [-0.1, -0.05) is 188 Å². The smallest absolute Gasteiger partial charge is 0.335 e. The molecule has 0 N–H and O–H groups in total. The normalized spacial score (nSPS) is 14.7. The van der Waals surface area contributed by atoms with Crippen LogP contribution >= 0.6 is 0 Å². The summed E-state index contributed by atoms with van der Waals surface area (Å²) in [6, 6.07) is 47.9. The predicted molar refractivity (Wildman–Crippen MR) is 376 cm³/mol. The molecule has 0 bridgehead atoms. The topological polar surface area (TPSA) is 40.6 Å². The summed E-state index contributed by atoms with van der Waals surface area (Å²) in [5, 5.41) is 0. The third-order valence-electron chi connectivity index (χ3n) is 13.8. The van der Waals surface area contributed by atoms with Gasteiger partial charge in [-0.15, -0.1) is 54.1 Å². The molecule has 2 amide bonds. The Kier molecular flexibility index (Phi) is 40.7. The van der Waals surface area contributed by atoms with E-state index >= 15 is 0 Å². The van der Waals surface area contributed by atoms with Crippen molar-refractivity contribution in [1.82, 2.24) is 0 Å². The van der Waals surface area contributed by atoms with Crippen molar-refractivity contribution < 1.29 is 59.3 Å². The summed E-state index contributed by atoms with van der Waals surface area (Å²) in [7, 11) is 0. The number of carbonyl (C=O) groups excluding carboxylic acids is 2. The van der Waals surface area contributed by atoms with E-state index in [1.165, 1.54) is 49.7 Å². The van der Waals surface area contributed by atoms with Crippen LogP contribution in [0.3, 0.4) is 0 Å². The molecule has 6 aliphatic rings. The van der Waals surface area contributed by atoms with E-state index in [4.69, 9.17) is 6.42 Å². The van der Waals surface area contributed by atoms with Crippen molar-refractivity contribution in [3.63, 3.8) is 0 Å². The van der Waals surface area contributed by atoms with Gasteiger partial charge < -0.3 is 29.1 Å². The molecule has 1 saturated carbocycles. The van der Waals surface area contributed by atoms with E-state index in [2.05, 4.69) is 135 Å². The molecular formula is C84H96N2O2UV. The Labute approximate surface area is 582 Å². The predicted octanol–water partition coefficient (Wildman–Crippen LogP) is 19.7. The molecule has 2 aliphatic heterocycles. The second-order valence-corrected chi connectivity index (χ2v) is 23.2. The second kappa shape index (κ2) is 46.2. The standard InChI is InChI=1S/C19H17NO.C18H15NO.C16H11.C9H11.C8H12.C4H10.C4H6.2C3H7.U.V/c1-14(2)19(21)20-13-17-9-4-3-7-15(17)11-12-16-8-5-6-10-18(16)20;1-13(2)19-17-10-6-4-8-15(17)12-11-14-7-3-5-9-16(14)18(19)20;1-2-6-14-11-12-16-8-4-3-7-15(16)10-9-13(14)5-1;1-2-4-6-9-7-8(9)5-3-1;1-2-4-6-8-7-5-3-1;1-4(2)3;1-3-4-2;2*1-3-2;;/h3-10,14H,13H2,1-2H3;3-10,13H,1-2H3;1-9H,10H2;7-9H,3-6H2;1-6H2;4H,1-3H3;1H,4H2,2H3;2*3H,1-2H3;;/q;;2*-1;;;;2*-1;2*+2. The van der Waals surface area contributed by atoms with Crippen LogP contribution in [0.5, 0.6) is 0 Å². The molecule has 1 radical (unpaired) electrons. The maximum atomic E-state index is 12.9. The molecule has 0 saturated heterocycles. The van der Waals surface area contributed by atoms with E-state index in [0.717, 1.165) is 107 Å². The average Bonchev–Trinajstić information content (AvgIpc) is 1.73. The van der Waals surface area contributed by atoms with Crippen LogP contribution in [0, 0.1) is 152 Å². The number of para-hydroxylation sites is 2. The Balaban J connectivity index is 0.000000372. The van der Waals surface area contributed by atoms with Crippen molar-refractivity contribution in [1.29, 1.82) is 0 Å². The van der Waals surface area contributed by atoms with Gasteiger partial charge in [0.2, 0.25) is 5.91 Å². The van der Waals surface area contributed by atoms with Gasteiger partial charge in [-0.2, -0.15) is 57.6 Å². The largest absolute Gasteiger partial charge is 2.00 e. The molecule has 6 aromatic rings. The zero-order valence-corrected chi connectivity index (χ0v) is 61.5. The number of fused-ring (bicyclic) bond motifs is 7. The molecular weight excluding hydrogens is 1360 g/mol. The summed E-state index contributed by atoms with van der Waals surface area (Å²) in [6.45, 7) is 24.9. The fourth-order valence-electron chi connectivity index (χ4n) is 9.40. The molecule has 4 aliphatic carbocycles. The van der Waals surface area contributed by atoms with Gasteiger partial charge in [0.05, 0.1) is 23.5 Å². The van der Waals surface area contributed by atoms with Crippen molar-refractivity contribution in [2.24, 2.45) is 23.7 Å². The number of anilines is 2. The van der Waals surface area contributed by atoms with E-state index in [1.54, 1.807) is 0 Å². The molecule has 0 spiro atoms. The van der Waals surface area contributed by atoms with Crippen LogP contribution in [0.15, 0.2) is 146 Å². The Morgan fingerprint density at radius 2 is 0.944 bits per heavy atom. The minimum atomic E-state index is -0.0439. The number of hydrogen-bond acceptors (Lipinski definition) is 2. The molecule has 1 fully saturated rings. The zero-order valence-electron chi connectivity index (χ0n) is 56.0. The Hall–Kier alpha value is -6.87. The first-order chi connectivity index (χ1) is 42.7. The maximum Gasteiger partial charge on any atom is 2.00 e. The van der Waals surface area contributed by atoms with Gasteiger partial charge in [-0.05, 0) is 92.3 Å². The van der Waals surface area contributed by atoms with Gasteiger partial charge in [0, 0.05) is 71.9 Å². The number of benzene rings is 6. The number of terminal acetylenes is 1. The number of amides is 2. The molecule has 2 heterocycles. The van der Waals surface area contributed by atoms with Crippen molar-refractivity contribution in [2.45, 2.75) is 173 Å². The Bertz CT molecular complexity index is 3400. The molecule has 4 nitrogen and oxygen atoms in total. The monoisotopic (exact) mass is 1450 g/mol. The summed E-state index contributed by atoms with van der Waals surface area (Å²) >= 11 is 0. The van der Waals surface area contributed by atoms with Crippen molar-refractivity contribution in [3.8, 4) is 71.5 Å². The van der Waals surface area contributed by atoms with Crippen LogP contribution in [0.4, 0.5) is 11.4 Å². The summed E-state index contributed by atoms with van der Waals surface area (Å²) in [5.74, 6) is 37.1. The van der Waals surface area contributed by atoms with Crippen molar-refractivity contribution in [2.75, 3.05) is 9.80 Å². The molecule has 2 unspecified atom stereocenters. The van der Waals surface area contributed by atoms with Crippen LogP contribution in [0.25, 0.3) is 0 Å². The second-order valence-electron chi connectivity index (χ2n) is 23.2. The summed E-state index contributed by atoms with van der Waals surface area (Å²) in [5.41, 5.74) is 11.9. The van der Waals surface area contributed by atoms with Crippen LogP contribution < -0.4 is 9.80 Å². The van der Waals surface area contributed by atoms with Gasteiger partial charge in [0.1, 0.15) is 0 Å². The third kappa shape index (κ3) is 28.5. The summed E-state index contributed by atoms with van der Waals surface area (Å²) in [6.07, 6.45) is 28.0.